The number of rotatable bonds is 9. The highest BCUT2D eigenvalue weighted by Gasteiger charge is 2.12. The van der Waals surface area contributed by atoms with Crippen molar-refractivity contribution in [3.05, 3.63) is 76.5 Å². The van der Waals surface area contributed by atoms with Crippen molar-refractivity contribution in [1.82, 2.24) is 4.98 Å². The Morgan fingerprint density at radius 2 is 1.93 bits per heavy atom. The van der Waals surface area contributed by atoms with Crippen LogP contribution in [0.5, 0.6) is 5.75 Å². The van der Waals surface area contributed by atoms with Crippen LogP contribution in [0.15, 0.2) is 46.9 Å². The summed E-state index contributed by atoms with van der Waals surface area (Å²) < 4.78 is 11.7. The Labute approximate surface area is 176 Å². The Morgan fingerprint density at radius 3 is 2.60 bits per heavy atom. The molecule has 154 valence electrons. The lowest BCUT2D eigenvalue weighted by atomic mass is 10.0. The number of carboxylic acids is 1. The third kappa shape index (κ3) is 5.26. The van der Waals surface area contributed by atoms with Gasteiger partial charge in [-0.3, -0.25) is 4.79 Å². The Bertz CT molecular complexity index is 1060. The van der Waals surface area contributed by atoms with Crippen molar-refractivity contribution in [3.8, 4) is 17.2 Å². The van der Waals surface area contributed by atoms with Gasteiger partial charge < -0.3 is 14.3 Å². The molecule has 0 saturated heterocycles. The van der Waals surface area contributed by atoms with Gasteiger partial charge in [0.25, 0.3) is 0 Å². The van der Waals surface area contributed by atoms with Gasteiger partial charge in [-0.05, 0) is 43.0 Å². The molecule has 0 radical (unpaired) electrons. The van der Waals surface area contributed by atoms with Crippen LogP contribution in [0.4, 0.5) is 5.69 Å². The molecule has 1 heterocycles. The van der Waals surface area contributed by atoms with Crippen molar-refractivity contribution in [2.45, 2.75) is 39.5 Å². The predicted molar refractivity (Wildman–Crippen MR) is 114 cm³/mol. The zero-order valence-electron chi connectivity index (χ0n) is 17.1. The van der Waals surface area contributed by atoms with Crippen LogP contribution in [0.1, 0.15) is 35.9 Å². The number of aliphatic carboxylic acids is 1. The summed E-state index contributed by atoms with van der Waals surface area (Å²) >= 11 is 0. The molecule has 0 atom stereocenters. The minimum absolute atomic E-state index is 0.127. The van der Waals surface area contributed by atoms with E-state index in [1.54, 1.807) is 12.1 Å². The number of nitrogens with zero attached hydrogens (tertiary/aromatic N) is 2. The number of hydrogen-bond acceptors (Lipinski definition) is 4. The molecule has 0 aliphatic heterocycles. The summed E-state index contributed by atoms with van der Waals surface area (Å²) in [6.45, 7) is 11.4. The van der Waals surface area contributed by atoms with E-state index in [4.69, 9.17) is 20.8 Å². The molecular formula is C24H24N2O4. The van der Waals surface area contributed by atoms with Crippen LogP contribution >= 0.6 is 0 Å². The van der Waals surface area contributed by atoms with Crippen molar-refractivity contribution in [1.29, 1.82) is 0 Å². The van der Waals surface area contributed by atoms with E-state index in [1.165, 1.54) is 0 Å². The molecule has 0 unspecified atom stereocenters. The minimum atomic E-state index is -0.790. The second-order valence-electron chi connectivity index (χ2n) is 6.96. The van der Waals surface area contributed by atoms with E-state index in [9.17, 15) is 4.79 Å². The minimum Gasteiger partial charge on any atom is -0.493 e. The Kier molecular flexibility index (Phi) is 6.87. The van der Waals surface area contributed by atoms with Gasteiger partial charge in [0.2, 0.25) is 5.89 Å². The van der Waals surface area contributed by atoms with E-state index in [0.29, 0.717) is 31.0 Å². The molecule has 1 N–H and O–H groups in total. The molecule has 0 aliphatic rings. The number of hydrogen-bond donors (Lipinski definition) is 1. The van der Waals surface area contributed by atoms with Gasteiger partial charge in [0.15, 0.2) is 5.69 Å². The first kappa shape index (κ1) is 21.1. The monoisotopic (exact) mass is 404 g/mol. The Balaban J connectivity index is 1.61. The molecule has 0 saturated carbocycles. The smallest absolute Gasteiger partial charge is 0.303 e. The maximum Gasteiger partial charge on any atom is 0.303 e. The number of oxazole rings is 1. The first-order valence-electron chi connectivity index (χ1n) is 9.90. The normalized spacial score (nSPS) is 10.6. The molecule has 0 fully saturated rings. The summed E-state index contributed by atoms with van der Waals surface area (Å²) in [6.07, 6.45) is 2.08. The van der Waals surface area contributed by atoms with Gasteiger partial charge in [0.05, 0.1) is 18.9 Å². The molecule has 3 rings (SSSR count). The van der Waals surface area contributed by atoms with Crippen molar-refractivity contribution in [3.63, 3.8) is 0 Å². The number of ether oxygens (including phenoxy) is 1. The van der Waals surface area contributed by atoms with Crippen LogP contribution < -0.4 is 4.74 Å². The zero-order valence-corrected chi connectivity index (χ0v) is 17.1. The summed E-state index contributed by atoms with van der Waals surface area (Å²) in [6, 6.07) is 13.0. The van der Waals surface area contributed by atoms with E-state index < -0.39 is 5.97 Å². The van der Waals surface area contributed by atoms with Gasteiger partial charge >= 0.3 is 5.97 Å². The van der Waals surface area contributed by atoms with Crippen LogP contribution in [-0.4, -0.2) is 22.7 Å². The SMILES string of the molecule is [C-]#[N+]c1ccc(-c2nc(CCOc3ccc(CCC(=O)O)c(CC)c3)c(C)o2)cc1. The second kappa shape index (κ2) is 9.75. The molecule has 2 aromatic carbocycles. The molecule has 1 aromatic heterocycles. The second-order valence-corrected chi connectivity index (χ2v) is 6.96. The molecular weight excluding hydrogens is 380 g/mol. The number of carbonyl (C=O) groups is 1. The topological polar surface area (TPSA) is 76.9 Å². The maximum absolute atomic E-state index is 10.8. The molecule has 3 aromatic rings. The number of carboxylic acid groups (broad SMARTS) is 1. The summed E-state index contributed by atoms with van der Waals surface area (Å²) in [7, 11) is 0. The Morgan fingerprint density at radius 1 is 1.17 bits per heavy atom. The average Bonchev–Trinajstić information content (AvgIpc) is 3.13. The largest absolute Gasteiger partial charge is 0.493 e. The first-order valence-corrected chi connectivity index (χ1v) is 9.90. The summed E-state index contributed by atoms with van der Waals surface area (Å²) in [5.74, 6) is 1.26. The van der Waals surface area contributed by atoms with Crippen LogP contribution in [0, 0.1) is 13.5 Å². The summed E-state index contributed by atoms with van der Waals surface area (Å²) in [5.41, 5.74) is 4.41. The highest BCUT2D eigenvalue weighted by atomic mass is 16.5. The fourth-order valence-electron chi connectivity index (χ4n) is 3.23. The number of benzene rings is 2. The van der Waals surface area contributed by atoms with Crippen molar-refractivity contribution in [2.24, 2.45) is 0 Å². The third-order valence-corrected chi connectivity index (χ3v) is 4.91. The first-order chi connectivity index (χ1) is 14.5. The maximum atomic E-state index is 10.8. The Hall–Kier alpha value is -3.59. The van der Waals surface area contributed by atoms with Crippen LogP contribution in [-0.2, 0) is 24.1 Å². The lowest BCUT2D eigenvalue weighted by Crippen LogP contribution is -2.04. The van der Waals surface area contributed by atoms with Gasteiger partial charge in [-0.25, -0.2) is 9.83 Å². The molecule has 0 aliphatic carbocycles. The van der Waals surface area contributed by atoms with Crippen molar-refractivity contribution < 1.29 is 19.1 Å². The average molecular weight is 404 g/mol. The number of aryl methyl sites for hydroxylation is 3. The molecule has 6 nitrogen and oxygen atoms in total. The fourth-order valence-corrected chi connectivity index (χ4v) is 3.23. The van der Waals surface area contributed by atoms with Gasteiger partial charge in [-0.1, -0.05) is 37.3 Å². The van der Waals surface area contributed by atoms with Crippen LogP contribution in [0.2, 0.25) is 0 Å². The van der Waals surface area contributed by atoms with E-state index >= 15 is 0 Å². The fraction of sp³-hybridized carbons (Fsp3) is 0.292. The molecule has 30 heavy (non-hydrogen) atoms. The van der Waals surface area contributed by atoms with Gasteiger partial charge in [0, 0.05) is 18.4 Å². The molecule has 0 bridgehead atoms. The highest BCUT2D eigenvalue weighted by molar-refractivity contribution is 5.67. The molecule has 6 heteroatoms. The van der Waals surface area contributed by atoms with E-state index in [-0.39, 0.29) is 6.42 Å². The lowest BCUT2D eigenvalue weighted by molar-refractivity contribution is -0.136. The standard InChI is InChI=1S/C24H24N2O4/c1-4-17-15-21(11-7-18(17)8-12-23(27)28)29-14-13-22-16(2)30-24(26-22)19-5-9-20(25-3)10-6-19/h5-7,9-11,15H,4,8,12-14H2,1-2H3,(H,27,28). The third-order valence-electron chi connectivity index (χ3n) is 4.91. The van der Waals surface area contributed by atoms with Crippen molar-refractivity contribution in [2.75, 3.05) is 6.61 Å². The van der Waals surface area contributed by atoms with Gasteiger partial charge in [0.1, 0.15) is 11.5 Å². The molecule has 0 spiro atoms. The van der Waals surface area contributed by atoms with E-state index in [1.807, 2.05) is 44.2 Å². The van der Waals surface area contributed by atoms with Crippen LogP contribution in [0.3, 0.4) is 0 Å². The van der Waals surface area contributed by atoms with Gasteiger partial charge in [-0.2, -0.15) is 0 Å². The van der Waals surface area contributed by atoms with Crippen LogP contribution in [0.25, 0.3) is 16.3 Å². The van der Waals surface area contributed by atoms with E-state index in [0.717, 1.165) is 40.3 Å². The van der Waals surface area contributed by atoms with E-state index in [2.05, 4.69) is 9.83 Å². The molecule has 0 amide bonds. The van der Waals surface area contributed by atoms with Crippen molar-refractivity contribution >= 4 is 11.7 Å². The predicted octanol–water partition coefficient (Wildman–Crippen LogP) is 5.40. The van der Waals surface area contributed by atoms with Gasteiger partial charge in [-0.15, -0.1) is 0 Å². The highest BCUT2D eigenvalue weighted by Crippen LogP contribution is 2.25. The number of aromatic nitrogens is 1. The summed E-state index contributed by atoms with van der Waals surface area (Å²) in [5, 5.41) is 8.89. The lowest BCUT2D eigenvalue weighted by Gasteiger charge is -2.11. The zero-order chi connectivity index (χ0) is 21.5. The summed E-state index contributed by atoms with van der Waals surface area (Å²) in [4.78, 5) is 18.8. The quantitative estimate of drug-likeness (QED) is 0.483.